The van der Waals surface area contributed by atoms with Gasteiger partial charge in [-0.05, 0) is 57.4 Å². The number of benzene rings is 1. The lowest BCUT2D eigenvalue weighted by molar-refractivity contribution is -0.136. The second-order valence-corrected chi connectivity index (χ2v) is 6.31. The topological polar surface area (TPSA) is 47.6 Å². The molecule has 1 aromatic rings. The van der Waals surface area contributed by atoms with Crippen LogP contribution in [0.2, 0.25) is 0 Å². The lowest BCUT2D eigenvalue weighted by atomic mass is 9.97. The summed E-state index contributed by atoms with van der Waals surface area (Å²) in [6, 6.07) is 5.72. The molecule has 4 nitrogen and oxygen atoms in total. The van der Waals surface area contributed by atoms with E-state index in [-0.39, 0.29) is 12.0 Å². The van der Waals surface area contributed by atoms with Crippen LogP contribution in [0, 0.1) is 6.92 Å². The molecule has 0 radical (unpaired) electrons. The molecule has 130 valence electrons. The molecule has 0 fully saturated rings. The fourth-order valence-electron chi connectivity index (χ4n) is 2.25. The molecular weight excluding hydrogens is 290 g/mol. The standard InChI is InChI=1S/C19H31NO3/c1-7-9-12-19(5,22-6)18(21)20-16-10-11-17(14(3)13-16)23-15(4)8-2/h10-11,13,15H,7-9,12H2,1-6H3,(H,20,21)/t15-,19-/m1/s1. The van der Waals surface area contributed by atoms with Crippen LogP contribution >= 0.6 is 0 Å². The Morgan fingerprint density at radius 2 is 2.04 bits per heavy atom. The first-order valence-corrected chi connectivity index (χ1v) is 8.50. The predicted molar refractivity (Wildman–Crippen MR) is 95.1 cm³/mol. The van der Waals surface area contributed by atoms with Crippen LogP contribution in [-0.4, -0.2) is 24.7 Å². The van der Waals surface area contributed by atoms with Crippen LogP contribution in [0.1, 0.15) is 58.9 Å². The number of aryl methyl sites for hydroxylation is 1. The fraction of sp³-hybridized carbons (Fsp3) is 0.632. The number of methoxy groups -OCH3 is 1. The molecule has 4 heteroatoms. The monoisotopic (exact) mass is 321 g/mol. The molecule has 0 bridgehead atoms. The van der Waals surface area contributed by atoms with Crippen molar-refractivity contribution in [3.8, 4) is 5.75 Å². The normalized spacial score (nSPS) is 14.9. The van der Waals surface area contributed by atoms with Gasteiger partial charge in [0.2, 0.25) is 0 Å². The molecule has 0 aliphatic carbocycles. The average Bonchev–Trinajstić information content (AvgIpc) is 2.54. The van der Waals surface area contributed by atoms with Gasteiger partial charge in [-0.2, -0.15) is 0 Å². The third-order valence-electron chi connectivity index (χ3n) is 4.27. The Kier molecular flexibility index (Phi) is 7.56. The van der Waals surface area contributed by atoms with Crippen molar-refractivity contribution in [3.63, 3.8) is 0 Å². The smallest absolute Gasteiger partial charge is 0.256 e. The van der Waals surface area contributed by atoms with Crippen LogP contribution < -0.4 is 10.1 Å². The zero-order valence-corrected chi connectivity index (χ0v) is 15.4. The van der Waals surface area contributed by atoms with Crippen LogP contribution in [0.25, 0.3) is 0 Å². The number of unbranched alkanes of at least 4 members (excludes halogenated alkanes) is 1. The largest absolute Gasteiger partial charge is 0.490 e. The Hall–Kier alpha value is -1.55. The molecule has 1 rings (SSSR count). The number of anilines is 1. The molecule has 0 saturated heterocycles. The molecule has 0 aliphatic rings. The zero-order valence-electron chi connectivity index (χ0n) is 15.4. The summed E-state index contributed by atoms with van der Waals surface area (Å²) in [5.41, 5.74) is 0.982. The molecule has 1 amide bonds. The van der Waals surface area contributed by atoms with E-state index in [1.165, 1.54) is 0 Å². The molecule has 23 heavy (non-hydrogen) atoms. The third kappa shape index (κ3) is 5.54. The first-order valence-electron chi connectivity index (χ1n) is 8.50. The Balaban J connectivity index is 2.80. The molecule has 1 aromatic carbocycles. The summed E-state index contributed by atoms with van der Waals surface area (Å²) in [5, 5.41) is 2.96. The van der Waals surface area contributed by atoms with E-state index in [9.17, 15) is 4.79 Å². The van der Waals surface area contributed by atoms with Crippen molar-refractivity contribution in [3.05, 3.63) is 23.8 Å². The Morgan fingerprint density at radius 1 is 1.35 bits per heavy atom. The Morgan fingerprint density at radius 3 is 2.57 bits per heavy atom. The second-order valence-electron chi connectivity index (χ2n) is 6.31. The molecule has 0 aliphatic heterocycles. The number of hydrogen-bond acceptors (Lipinski definition) is 3. The summed E-state index contributed by atoms with van der Waals surface area (Å²) in [4.78, 5) is 12.5. The van der Waals surface area contributed by atoms with Crippen LogP contribution in [0.4, 0.5) is 5.69 Å². The Bertz CT molecular complexity index is 515. The van der Waals surface area contributed by atoms with E-state index in [0.717, 1.165) is 36.3 Å². The second kappa shape index (κ2) is 8.92. The quantitative estimate of drug-likeness (QED) is 0.717. The maximum absolute atomic E-state index is 12.5. The fourth-order valence-corrected chi connectivity index (χ4v) is 2.25. The van der Waals surface area contributed by atoms with Crippen molar-refractivity contribution in [1.29, 1.82) is 0 Å². The minimum atomic E-state index is -0.796. The Labute approximate surface area is 140 Å². The van der Waals surface area contributed by atoms with Crippen molar-refractivity contribution < 1.29 is 14.3 Å². The molecule has 2 atom stereocenters. The predicted octanol–water partition coefficient (Wildman–Crippen LogP) is 4.71. The van der Waals surface area contributed by atoms with Crippen molar-refractivity contribution in [2.75, 3.05) is 12.4 Å². The van der Waals surface area contributed by atoms with E-state index in [0.29, 0.717) is 6.42 Å². The van der Waals surface area contributed by atoms with Crippen molar-refractivity contribution in [2.24, 2.45) is 0 Å². The number of carbonyl (C=O) groups excluding carboxylic acids is 1. The van der Waals surface area contributed by atoms with Gasteiger partial charge < -0.3 is 14.8 Å². The van der Waals surface area contributed by atoms with Gasteiger partial charge in [-0.25, -0.2) is 0 Å². The highest BCUT2D eigenvalue weighted by Gasteiger charge is 2.32. The first kappa shape index (κ1) is 19.5. The summed E-state index contributed by atoms with van der Waals surface area (Å²) >= 11 is 0. The number of rotatable bonds is 9. The van der Waals surface area contributed by atoms with Gasteiger partial charge in [-0.15, -0.1) is 0 Å². The van der Waals surface area contributed by atoms with Gasteiger partial charge in [0, 0.05) is 12.8 Å². The summed E-state index contributed by atoms with van der Waals surface area (Å²) in [6.45, 7) is 10.1. The zero-order chi connectivity index (χ0) is 17.5. The van der Waals surface area contributed by atoms with Crippen LogP contribution in [0.5, 0.6) is 5.75 Å². The first-order chi connectivity index (χ1) is 10.9. The molecule has 1 N–H and O–H groups in total. The van der Waals surface area contributed by atoms with Crippen LogP contribution in [0.15, 0.2) is 18.2 Å². The molecule has 0 unspecified atom stereocenters. The van der Waals surface area contributed by atoms with E-state index >= 15 is 0 Å². The average molecular weight is 321 g/mol. The summed E-state index contributed by atoms with van der Waals surface area (Å²) in [7, 11) is 1.59. The number of carbonyl (C=O) groups is 1. The van der Waals surface area contributed by atoms with Gasteiger partial charge in [0.25, 0.3) is 5.91 Å². The summed E-state index contributed by atoms with van der Waals surface area (Å²) in [5.74, 6) is 0.751. The maximum atomic E-state index is 12.5. The molecule has 0 saturated carbocycles. The van der Waals surface area contributed by atoms with E-state index in [1.807, 2.05) is 39.0 Å². The summed E-state index contributed by atoms with van der Waals surface area (Å²) < 4.78 is 11.3. The van der Waals surface area contributed by atoms with Crippen molar-refractivity contribution in [2.45, 2.75) is 72.0 Å². The minimum absolute atomic E-state index is 0.108. The highest BCUT2D eigenvalue weighted by molar-refractivity contribution is 5.97. The van der Waals surface area contributed by atoms with Gasteiger partial charge in [-0.3, -0.25) is 4.79 Å². The van der Waals surface area contributed by atoms with E-state index in [2.05, 4.69) is 19.2 Å². The highest BCUT2D eigenvalue weighted by Crippen LogP contribution is 2.25. The van der Waals surface area contributed by atoms with Crippen molar-refractivity contribution >= 4 is 11.6 Å². The van der Waals surface area contributed by atoms with Crippen LogP contribution in [-0.2, 0) is 9.53 Å². The maximum Gasteiger partial charge on any atom is 0.256 e. The van der Waals surface area contributed by atoms with Gasteiger partial charge in [0.05, 0.1) is 6.10 Å². The summed E-state index contributed by atoms with van der Waals surface area (Å²) in [6.07, 6.45) is 3.84. The van der Waals surface area contributed by atoms with Gasteiger partial charge in [0.15, 0.2) is 0 Å². The lowest BCUT2D eigenvalue weighted by Gasteiger charge is -2.27. The van der Waals surface area contributed by atoms with E-state index in [1.54, 1.807) is 7.11 Å². The number of nitrogens with one attached hydrogen (secondary N) is 1. The van der Waals surface area contributed by atoms with Gasteiger partial charge in [-0.1, -0.05) is 26.7 Å². The highest BCUT2D eigenvalue weighted by atomic mass is 16.5. The molecular formula is C19H31NO3. The number of amides is 1. The van der Waals surface area contributed by atoms with Gasteiger partial charge >= 0.3 is 0 Å². The molecule has 0 heterocycles. The SMILES string of the molecule is CCCC[C@@](C)(OC)C(=O)Nc1ccc(O[C@H](C)CC)c(C)c1. The third-order valence-corrected chi connectivity index (χ3v) is 4.27. The van der Waals surface area contributed by atoms with Crippen LogP contribution in [0.3, 0.4) is 0 Å². The lowest BCUT2D eigenvalue weighted by Crippen LogP contribution is -2.41. The number of hydrogen-bond donors (Lipinski definition) is 1. The van der Waals surface area contributed by atoms with E-state index < -0.39 is 5.60 Å². The van der Waals surface area contributed by atoms with E-state index in [4.69, 9.17) is 9.47 Å². The van der Waals surface area contributed by atoms with Crippen molar-refractivity contribution in [1.82, 2.24) is 0 Å². The molecule has 0 aromatic heterocycles. The molecule has 0 spiro atoms. The minimum Gasteiger partial charge on any atom is -0.490 e. The number of ether oxygens (including phenoxy) is 2. The van der Waals surface area contributed by atoms with Gasteiger partial charge in [0.1, 0.15) is 11.4 Å².